The fourth-order valence-electron chi connectivity index (χ4n) is 2.10. The van der Waals surface area contributed by atoms with Crippen molar-refractivity contribution in [3.63, 3.8) is 0 Å². The number of nitrogens with one attached hydrogen (secondary N) is 1. The molecule has 1 heterocycles. The fourth-order valence-corrected chi connectivity index (χ4v) is 2.36. The van der Waals surface area contributed by atoms with Gasteiger partial charge in [-0.25, -0.2) is 0 Å². The average Bonchev–Trinajstić information content (AvgIpc) is 2.48. The minimum absolute atomic E-state index is 0.195. The van der Waals surface area contributed by atoms with Crippen LogP contribution in [0.4, 0.5) is 0 Å². The normalized spacial score (nSPS) is 11.3. The summed E-state index contributed by atoms with van der Waals surface area (Å²) in [5.74, 6) is -0.233. The molecule has 0 unspecified atom stereocenters. The summed E-state index contributed by atoms with van der Waals surface area (Å²) in [4.78, 5) is 23.8. The third kappa shape index (κ3) is 3.85. The lowest BCUT2D eigenvalue weighted by atomic mass is 9.84. The zero-order valence-electron chi connectivity index (χ0n) is 12.9. The number of hydrogen-bond acceptors (Lipinski definition) is 2. The highest BCUT2D eigenvalue weighted by atomic mass is 79.9. The molecule has 0 spiro atoms. The monoisotopic (exact) mass is 362 g/mol. The Kier molecular flexibility index (Phi) is 4.86. The van der Waals surface area contributed by atoms with E-state index in [1.807, 2.05) is 24.3 Å². The number of amides is 1. The van der Waals surface area contributed by atoms with E-state index < -0.39 is 0 Å². The van der Waals surface area contributed by atoms with Gasteiger partial charge in [0.2, 0.25) is 0 Å². The number of pyridine rings is 1. The van der Waals surface area contributed by atoms with Crippen LogP contribution in [-0.2, 0) is 12.5 Å². The van der Waals surface area contributed by atoms with E-state index in [0.717, 1.165) is 10.0 Å². The first-order valence-electron chi connectivity index (χ1n) is 7.00. The Hall–Kier alpha value is -1.88. The largest absolute Gasteiger partial charge is 0.351 e. The summed E-state index contributed by atoms with van der Waals surface area (Å²) in [7, 11) is 1.65. The molecule has 2 rings (SSSR count). The second-order valence-corrected chi connectivity index (χ2v) is 6.85. The molecule has 1 aromatic heterocycles. The van der Waals surface area contributed by atoms with Crippen molar-refractivity contribution in [1.82, 2.24) is 9.88 Å². The SMILES string of the molecule is Cn1ccc(C(=O)NCC(C)(C)c2ccc(Br)cc2)cc1=O. The molecule has 116 valence electrons. The fraction of sp³-hybridized carbons (Fsp3) is 0.294. The van der Waals surface area contributed by atoms with Gasteiger partial charge in [0, 0.05) is 41.3 Å². The number of nitrogens with zero attached hydrogens (tertiary/aromatic N) is 1. The van der Waals surface area contributed by atoms with Gasteiger partial charge in [-0.05, 0) is 23.8 Å². The molecule has 0 aliphatic heterocycles. The van der Waals surface area contributed by atoms with Crippen LogP contribution in [-0.4, -0.2) is 17.0 Å². The van der Waals surface area contributed by atoms with Crippen molar-refractivity contribution in [2.45, 2.75) is 19.3 Å². The minimum Gasteiger partial charge on any atom is -0.351 e. The quantitative estimate of drug-likeness (QED) is 0.908. The lowest BCUT2D eigenvalue weighted by molar-refractivity contribution is 0.0945. The van der Waals surface area contributed by atoms with Crippen LogP contribution in [0.2, 0.25) is 0 Å². The number of aromatic nitrogens is 1. The number of rotatable bonds is 4. The molecule has 0 fully saturated rings. The third-order valence-corrected chi connectivity index (χ3v) is 4.21. The van der Waals surface area contributed by atoms with E-state index in [9.17, 15) is 9.59 Å². The maximum atomic E-state index is 12.2. The molecular formula is C17H19BrN2O2. The van der Waals surface area contributed by atoms with E-state index in [1.54, 1.807) is 19.3 Å². The first-order chi connectivity index (χ1) is 10.3. The van der Waals surface area contributed by atoms with Crippen molar-refractivity contribution >= 4 is 21.8 Å². The van der Waals surface area contributed by atoms with Crippen LogP contribution in [0.15, 0.2) is 51.9 Å². The highest BCUT2D eigenvalue weighted by Gasteiger charge is 2.21. The number of carbonyl (C=O) groups excluding carboxylic acids is 1. The Labute approximate surface area is 138 Å². The molecule has 0 saturated carbocycles. The highest BCUT2D eigenvalue weighted by molar-refractivity contribution is 9.10. The van der Waals surface area contributed by atoms with Gasteiger partial charge >= 0.3 is 0 Å². The second kappa shape index (κ2) is 6.48. The summed E-state index contributed by atoms with van der Waals surface area (Å²) in [6.07, 6.45) is 1.59. The number of aryl methyl sites for hydroxylation is 1. The topological polar surface area (TPSA) is 51.1 Å². The van der Waals surface area contributed by atoms with Gasteiger partial charge in [-0.2, -0.15) is 0 Å². The van der Waals surface area contributed by atoms with Crippen LogP contribution in [0.5, 0.6) is 0 Å². The molecule has 0 atom stereocenters. The number of benzene rings is 1. The van der Waals surface area contributed by atoms with Crippen molar-refractivity contribution in [3.8, 4) is 0 Å². The maximum absolute atomic E-state index is 12.2. The van der Waals surface area contributed by atoms with Gasteiger partial charge in [0.1, 0.15) is 0 Å². The molecule has 0 bridgehead atoms. The molecule has 4 nitrogen and oxygen atoms in total. The highest BCUT2D eigenvalue weighted by Crippen LogP contribution is 2.24. The standard InChI is InChI=1S/C17H19BrN2O2/c1-17(2,13-4-6-14(18)7-5-13)11-19-16(22)12-8-9-20(3)15(21)10-12/h4-10H,11H2,1-3H3,(H,19,22). The summed E-state index contributed by atoms with van der Waals surface area (Å²) in [6.45, 7) is 4.63. The Morgan fingerprint density at radius 3 is 2.45 bits per heavy atom. The zero-order chi connectivity index (χ0) is 16.3. The molecule has 1 N–H and O–H groups in total. The first-order valence-corrected chi connectivity index (χ1v) is 7.80. The summed E-state index contributed by atoms with van der Waals surface area (Å²) in [5.41, 5.74) is 1.13. The van der Waals surface area contributed by atoms with Crippen LogP contribution in [0.3, 0.4) is 0 Å². The lowest BCUT2D eigenvalue weighted by Gasteiger charge is -2.25. The molecule has 0 saturated heterocycles. The molecule has 5 heteroatoms. The van der Waals surface area contributed by atoms with Crippen LogP contribution in [0.25, 0.3) is 0 Å². The first kappa shape index (κ1) is 16.5. The third-order valence-electron chi connectivity index (χ3n) is 3.68. The van der Waals surface area contributed by atoms with E-state index in [4.69, 9.17) is 0 Å². The van der Waals surface area contributed by atoms with Gasteiger partial charge in [-0.1, -0.05) is 41.9 Å². The van der Waals surface area contributed by atoms with Gasteiger partial charge in [0.15, 0.2) is 0 Å². The van der Waals surface area contributed by atoms with E-state index in [1.165, 1.54) is 10.6 Å². The number of hydrogen-bond donors (Lipinski definition) is 1. The summed E-state index contributed by atoms with van der Waals surface area (Å²) in [5, 5.41) is 2.90. The number of carbonyl (C=O) groups is 1. The number of halogens is 1. The van der Waals surface area contributed by atoms with Crippen molar-refractivity contribution < 1.29 is 4.79 Å². The van der Waals surface area contributed by atoms with Gasteiger partial charge in [-0.15, -0.1) is 0 Å². The smallest absolute Gasteiger partial charge is 0.251 e. The Morgan fingerprint density at radius 1 is 1.23 bits per heavy atom. The molecule has 0 radical (unpaired) electrons. The van der Waals surface area contributed by atoms with Gasteiger partial charge in [0.05, 0.1) is 0 Å². The molecular weight excluding hydrogens is 344 g/mol. The van der Waals surface area contributed by atoms with Crippen LogP contribution in [0, 0.1) is 0 Å². The Morgan fingerprint density at radius 2 is 1.86 bits per heavy atom. The molecule has 0 aliphatic carbocycles. The molecule has 0 aliphatic rings. The van der Waals surface area contributed by atoms with Gasteiger partial charge < -0.3 is 9.88 Å². The van der Waals surface area contributed by atoms with Crippen molar-refractivity contribution in [3.05, 3.63) is 68.5 Å². The average molecular weight is 363 g/mol. The predicted molar refractivity (Wildman–Crippen MR) is 91.2 cm³/mol. The van der Waals surface area contributed by atoms with E-state index >= 15 is 0 Å². The van der Waals surface area contributed by atoms with Crippen molar-refractivity contribution in [2.24, 2.45) is 7.05 Å². The summed E-state index contributed by atoms with van der Waals surface area (Å²) < 4.78 is 2.46. The molecule has 1 amide bonds. The second-order valence-electron chi connectivity index (χ2n) is 5.94. The summed E-state index contributed by atoms with van der Waals surface area (Å²) >= 11 is 3.42. The van der Waals surface area contributed by atoms with Crippen LogP contribution in [0.1, 0.15) is 29.8 Å². The molecule has 1 aromatic carbocycles. The van der Waals surface area contributed by atoms with Crippen molar-refractivity contribution in [2.75, 3.05) is 6.54 Å². The summed E-state index contributed by atoms with van der Waals surface area (Å²) in [6, 6.07) is 11.0. The van der Waals surface area contributed by atoms with Crippen LogP contribution >= 0.6 is 15.9 Å². The molecule has 22 heavy (non-hydrogen) atoms. The van der Waals surface area contributed by atoms with Gasteiger partial charge in [0.25, 0.3) is 11.5 Å². The van der Waals surface area contributed by atoms with E-state index in [-0.39, 0.29) is 16.9 Å². The van der Waals surface area contributed by atoms with Crippen LogP contribution < -0.4 is 10.9 Å². The minimum atomic E-state index is -0.233. The van der Waals surface area contributed by atoms with Crippen molar-refractivity contribution in [1.29, 1.82) is 0 Å². The predicted octanol–water partition coefficient (Wildman–Crippen LogP) is 2.86. The Bertz CT molecular complexity index is 733. The van der Waals surface area contributed by atoms with Gasteiger partial charge in [-0.3, -0.25) is 9.59 Å². The van der Waals surface area contributed by atoms with E-state index in [0.29, 0.717) is 12.1 Å². The molecule has 2 aromatic rings. The Balaban J connectivity index is 2.07. The maximum Gasteiger partial charge on any atom is 0.251 e. The zero-order valence-corrected chi connectivity index (χ0v) is 14.5. The van der Waals surface area contributed by atoms with E-state index in [2.05, 4.69) is 35.1 Å². The lowest BCUT2D eigenvalue weighted by Crippen LogP contribution is -2.37.